The Morgan fingerprint density at radius 1 is 0.762 bits per heavy atom. The van der Waals surface area contributed by atoms with Crippen LogP contribution in [0.1, 0.15) is 90.0 Å². The van der Waals surface area contributed by atoms with Crippen LogP contribution in [0.25, 0.3) is 0 Å². The predicted molar refractivity (Wildman–Crippen MR) is 91.4 cm³/mol. The summed E-state index contributed by atoms with van der Waals surface area (Å²) in [6.45, 7) is 3.98. The first-order valence-electron chi connectivity index (χ1n) is 8.91. The maximum Gasteiger partial charge on any atom is 0.133 e. The fourth-order valence-electron chi connectivity index (χ4n) is 2.87. The molecule has 0 aliphatic rings. The molecule has 0 fully saturated rings. The Bertz CT molecular complexity index is 342. The van der Waals surface area contributed by atoms with Gasteiger partial charge in [-0.1, -0.05) is 95.0 Å². The highest BCUT2D eigenvalue weighted by Crippen LogP contribution is 2.31. The molecule has 0 saturated heterocycles. The van der Waals surface area contributed by atoms with Crippen molar-refractivity contribution in [1.29, 1.82) is 0 Å². The normalized spacial score (nSPS) is 14.0. The van der Waals surface area contributed by atoms with E-state index >= 15 is 0 Å². The third kappa shape index (κ3) is 8.24. The van der Waals surface area contributed by atoms with E-state index in [9.17, 15) is 4.39 Å². The first kappa shape index (κ1) is 18.2. The molecule has 1 rings (SSSR count). The number of unbranched alkanes of at least 4 members (excludes halogenated alkanes) is 9. The first-order chi connectivity index (χ1) is 10.2. The van der Waals surface area contributed by atoms with Crippen molar-refractivity contribution in [3.63, 3.8) is 0 Å². The molecule has 0 N–H and O–H groups in total. The van der Waals surface area contributed by atoms with Crippen molar-refractivity contribution in [1.82, 2.24) is 0 Å². The van der Waals surface area contributed by atoms with E-state index in [0.29, 0.717) is 6.42 Å². The van der Waals surface area contributed by atoms with E-state index < -0.39 is 5.67 Å². The highest BCUT2D eigenvalue weighted by atomic mass is 19.1. The molecule has 0 aromatic heterocycles. The second-order valence-corrected chi connectivity index (χ2v) is 6.50. The Morgan fingerprint density at radius 2 is 1.24 bits per heavy atom. The molecule has 0 heterocycles. The van der Waals surface area contributed by atoms with Crippen LogP contribution in [0.5, 0.6) is 0 Å². The Labute approximate surface area is 131 Å². The van der Waals surface area contributed by atoms with Gasteiger partial charge >= 0.3 is 0 Å². The molecule has 0 aliphatic heterocycles. The van der Waals surface area contributed by atoms with Gasteiger partial charge in [-0.15, -0.1) is 0 Å². The van der Waals surface area contributed by atoms with Crippen molar-refractivity contribution in [3.8, 4) is 0 Å². The average Bonchev–Trinajstić information content (AvgIpc) is 2.50. The molecule has 1 aromatic carbocycles. The summed E-state index contributed by atoms with van der Waals surface area (Å²) in [4.78, 5) is 0. The highest BCUT2D eigenvalue weighted by Gasteiger charge is 2.24. The van der Waals surface area contributed by atoms with Gasteiger partial charge in [-0.25, -0.2) is 4.39 Å². The topological polar surface area (TPSA) is 0 Å². The van der Waals surface area contributed by atoms with Crippen LogP contribution in [0.4, 0.5) is 4.39 Å². The molecule has 21 heavy (non-hydrogen) atoms. The van der Waals surface area contributed by atoms with E-state index in [-0.39, 0.29) is 0 Å². The van der Waals surface area contributed by atoms with Gasteiger partial charge in [-0.2, -0.15) is 0 Å². The summed E-state index contributed by atoms with van der Waals surface area (Å²) in [5.41, 5.74) is -0.345. The van der Waals surface area contributed by atoms with Crippen LogP contribution >= 0.6 is 0 Å². The fraction of sp³-hybridized carbons (Fsp3) is 0.700. The number of alkyl halides is 1. The van der Waals surface area contributed by atoms with Gasteiger partial charge in [0.2, 0.25) is 0 Å². The number of halogens is 1. The molecule has 0 bridgehead atoms. The van der Waals surface area contributed by atoms with Crippen LogP contribution in [0.2, 0.25) is 0 Å². The molecular weight excluding hydrogens is 259 g/mol. The number of rotatable bonds is 12. The maximum atomic E-state index is 14.6. The van der Waals surface area contributed by atoms with Crippen LogP contribution in [0, 0.1) is 0 Å². The molecule has 120 valence electrons. The smallest absolute Gasteiger partial charge is 0.133 e. The molecule has 1 unspecified atom stereocenters. The molecule has 0 spiro atoms. The van der Waals surface area contributed by atoms with Crippen LogP contribution in [-0.2, 0) is 5.67 Å². The van der Waals surface area contributed by atoms with Crippen molar-refractivity contribution in [2.75, 3.05) is 0 Å². The lowest BCUT2D eigenvalue weighted by Gasteiger charge is -2.20. The van der Waals surface area contributed by atoms with Crippen molar-refractivity contribution >= 4 is 0 Å². The minimum atomic E-state index is -1.17. The maximum absolute atomic E-state index is 14.6. The van der Waals surface area contributed by atoms with E-state index in [1.165, 1.54) is 57.8 Å². The van der Waals surface area contributed by atoms with Gasteiger partial charge in [-0.3, -0.25) is 0 Å². The van der Waals surface area contributed by atoms with Gasteiger partial charge in [0, 0.05) is 0 Å². The molecule has 1 atom stereocenters. The van der Waals surface area contributed by atoms with Crippen molar-refractivity contribution in [2.24, 2.45) is 0 Å². The Morgan fingerprint density at radius 3 is 1.76 bits per heavy atom. The molecule has 0 amide bonds. The second-order valence-electron chi connectivity index (χ2n) is 6.50. The molecule has 1 aromatic rings. The lowest BCUT2D eigenvalue weighted by Crippen LogP contribution is -2.14. The first-order valence-corrected chi connectivity index (χ1v) is 8.91. The standard InChI is InChI=1S/C20H33F/c1-3-4-5-6-7-8-9-10-11-15-18-20(2,21)19-16-13-12-14-17-19/h12-14,16-17H,3-11,15,18H2,1-2H3. The average molecular weight is 292 g/mol. The SMILES string of the molecule is CCCCCCCCCCCCC(C)(F)c1ccccc1. The van der Waals surface area contributed by atoms with Gasteiger partial charge in [0.05, 0.1) is 0 Å². The summed E-state index contributed by atoms with van der Waals surface area (Å²) in [6, 6.07) is 9.59. The van der Waals surface area contributed by atoms with Gasteiger partial charge in [0.15, 0.2) is 0 Å². The molecular formula is C20H33F. The largest absolute Gasteiger partial charge is 0.239 e. The number of hydrogen-bond acceptors (Lipinski definition) is 0. The number of hydrogen-bond donors (Lipinski definition) is 0. The molecule has 0 saturated carbocycles. The summed E-state index contributed by atoms with van der Waals surface area (Å²) in [5, 5.41) is 0. The number of benzene rings is 1. The summed E-state index contributed by atoms with van der Waals surface area (Å²) in [6.07, 6.45) is 13.6. The van der Waals surface area contributed by atoms with Gasteiger partial charge < -0.3 is 0 Å². The van der Waals surface area contributed by atoms with Crippen LogP contribution in [0.15, 0.2) is 30.3 Å². The summed E-state index contributed by atoms with van der Waals surface area (Å²) in [5.74, 6) is 0. The van der Waals surface area contributed by atoms with Crippen LogP contribution in [-0.4, -0.2) is 0 Å². The Kier molecular flexibility index (Phi) is 9.37. The minimum Gasteiger partial charge on any atom is -0.239 e. The molecule has 1 heteroatoms. The van der Waals surface area contributed by atoms with Gasteiger partial charge in [-0.05, 0) is 25.3 Å². The van der Waals surface area contributed by atoms with E-state index in [1.54, 1.807) is 6.92 Å². The van der Waals surface area contributed by atoms with E-state index in [1.807, 2.05) is 30.3 Å². The monoisotopic (exact) mass is 292 g/mol. The highest BCUT2D eigenvalue weighted by molar-refractivity contribution is 5.21. The van der Waals surface area contributed by atoms with Crippen LogP contribution in [0.3, 0.4) is 0 Å². The van der Waals surface area contributed by atoms with E-state index in [0.717, 1.165) is 12.0 Å². The van der Waals surface area contributed by atoms with Crippen LogP contribution < -0.4 is 0 Å². The molecule has 0 aliphatic carbocycles. The Balaban J connectivity index is 2.01. The Hall–Kier alpha value is -0.850. The molecule has 0 nitrogen and oxygen atoms in total. The van der Waals surface area contributed by atoms with E-state index in [4.69, 9.17) is 0 Å². The summed E-state index contributed by atoms with van der Waals surface area (Å²) >= 11 is 0. The fourth-order valence-corrected chi connectivity index (χ4v) is 2.87. The van der Waals surface area contributed by atoms with E-state index in [2.05, 4.69) is 6.92 Å². The van der Waals surface area contributed by atoms with Crippen molar-refractivity contribution < 1.29 is 4.39 Å². The summed E-state index contributed by atoms with van der Waals surface area (Å²) in [7, 11) is 0. The third-order valence-corrected chi connectivity index (χ3v) is 4.38. The zero-order chi connectivity index (χ0) is 15.4. The molecule has 0 radical (unpaired) electrons. The minimum absolute atomic E-state index is 0.646. The third-order valence-electron chi connectivity index (χ3n) is 4.38. The van der Waals surface area contributed by atoms with Gasteiger partial charge in [0.1, 0.15) is 5.67 Å². The predicted octanol–water partition coefficient (Wildman–Crippen LogP) is 7.18. The van der Waals surface area contributed by atoms with Crippen molar-refractivity contribution in [2.45, 2.75) is 90.1 Å². The zero-order valence-electron chi connectivity index (χ0n) is 14.0. The lowest BCUT2D eigenvalue weighted by molar-refractivity contribution is 0.171. The van der Waals surface area contributed by atoms with Gasteiger partial charge in [0.25, 0.3) is 0 Å². The lowest BCUT2D eigenvalue weighted by atomic mass is 9.91. The second kappa shape index (κ2) is 10.8. The zero-order valence-corrected chi connectivity index (χ0v) is 14.0. The summed E-state index contributed by atoms with van der Waals surface area (Å²) < 4.78 is 14.6. The quantitative estimate of drug-likeness (QED) is 0.358. The van der Waals surface area contributed by atoms with Crippen molar-refractivity contribution in [3.05, 3.63) is 35.9 Å².